The Kier molecular flexibility index (Phi) is 2.72. The minimum Gasteiger partial charge on any atom is -0.337 e. The van der Waals surface area contributed by atoms with E-state index in [1.807, 2.05) is 54.7 Å². The van der Waals surface area contributed by atoms with Gasteiger partial charge in [0, 0.05) is 5.02 Å². The molecular weight excluding hydrogens is 286 g/mol. The summed E-state index contributed by atoms with van der Waals surface area (Å²) in [4.78, 5) is 7.75. The van der Waals surface area contributed by atoms with Crippen molar-refractivity contribution < 1.29 is 0 Å². The van der Waals surface area contributed by atoms with Gasteiger partial charge in [-0.25, -0.2) is 9.67 Å². The average Bonchev–Trinajstić information content (AvgIpc) is 3.14. The van der Waals surface area contributed by atoms with Gasteiger partial charge in [-0.15, -0.1) is 5.10 Å². The van der Waals surface area contributed by atoms with E-state index in [-0.39, 0.29) is 0 Å². The van der Waals surface area contributed by atoms with Gasteiger partial charge in [-0.1, -0.05) is 35.0 Å². The van der Waals surface area contributed by atoms with Crippen LogP contribution in [0.25, 0.3) is 28.2 Å². The van der Waals surface area contributed by atoms with Crippen LogP contribution in [0.3, 0.4) is 0 Å². The van der Waals surface area contributed by atoms with Gasteiger partial charge < -0.3 is 4.98 Å². The van der Waals surface area contributed by atoms with E-state index >= 15 is 0 Å². The van der Waals surface area contributed by atoms with Gasteiger partial charge in [0.1, 0.15) is 5.69 Å². The van der Waals surface area contributed by atoms with E-state index in [0.29, 0.717) is 16.5 Å². The zero-order valence-corrected chi connectivity index (χ0v) is 11.6. The number of para-hydroxylation sites is 2. The smallest absolute Gasteiger partial charge is 0.160 e. The van der Waals surface area contributed by atoms with Gasteiger partial charge in [0.05, 0.1) is 22.9 Å². The summed E-state index contributed by atoms with van der Waals surface area (Å²) in [5.41, 5.74) is 3.43. The molecule has 1 N–H and O–H groups in total. The molecule has 2 aromatic heterocycles. The molecular formula is C15H10ClN5. The van der Waals surface area contributed by atoms with Crippen LogP contribution in [0.4, 0.5) is 0 Å². The molecule has 0 amide bonds. The van der Waals surface area contributed by atoms with Crippen LogP contribution in [0.2, 0.25) is 5.02 Å². The van der Waals surface area contributed by atoms with Crippen molar-refractivity contribution in [2.24, 2.45) is 0 Å². The molecule has 0 aliphatic carbocycles. The fourth-order valence-electron chi connectivity index (χ4n) is 2.19. The summed E-state index contributed by atoms with van der Waals surface area (Å²) >= 11 is 5.99. The Morgan fingerprint density at radius 1 is 1.05 bits per heavy atom. The number of halogens is 1. The number of rotatable bonds is 2. The van der Waals surface area contributed by atoms with Crippen LogP contribution >= 0.6 is 11.6 Å². The molecule has 0 spiro atoms. The second-order valence-corrected chi connectivity index (χ2v) is 5.07. The maximum absolute atomic E-state index is 5.99. The highest BCUT2D eigenvalue weighted by Crippen LogP contribution is 2.20. The normalized spacial score (nSPS) is 11.1. The number of aromatic nitrogens is 5. The SMILES string of the molecule is Clc1cccc(-n2cc(-c3nc4ccccc4[nH]3)nn2)c1. The predicted molar refractivity (Wildman–Crippen MR) is 81.5 cm³/mol. The molecule has 2 aromatic carbocycles. The molecule has 0 atom stereocenters. The highest BCUT2D eigenvalue weighted by Gasteiger charge is 2.10. The van der Waals surface area contributed by atoms with Crippen molar-refractivity contribution in [3.05, 3.63) is 59.8 Å². The van der Waals surface area contributed by atoms with E-state index in [1.54, 1.807) is 4.68 Å². The Hall–Kier alpha value is -2.66. The Morgan fingerprint density at radius 2 is 1.95 bits per heavy atom. The summed E-state index contributed by atoms with van der Waals surface area (Å²) in [6, 6.07) is 15.3. The first kappa shape index (κ1) is 12.1. The van der Waals surface area contributed by atoms with Crippen molar-refractivity contribution in [1.82, 2.24) is 25.0 Å². The first-order valence-corrected chi connectivity index (χ1v) is 6.81. The lowest BCUT2D eigenvalue weighted by Gasteiger charge is -1.98. The molecule has 4 aromatic rings. The van der Waals surface area contributed by atoms with Crippen molar-refractivity contribution in [2.45, 2.75) is 0 Å². The maximum Gasteiger partial charge on any atom is 0.160 e. The van der Waals surface area contributed by atoms with E-state index in [4.69, 9.17) is 11.6 Å². The Balaban J connectivity index is 1.77. The molecule has 0 fully saturated rings. The summed E-state index contributed by atoms with van der Waals surface area (Å²) in [7, 11) is 0. The minimum atomic E-state index is 0.660. The lowest BCUT2D eigenvalue weighted by atomic mass is 10.3. The van der Waals surface area contributed by atoms with Crippen LogP contribution in [-0.4, -0.2) is 25.0 Å². The number of H-pyrrole nitrogens is 1. The van der Waals surface area contributed by atoms with Gasteiger partial charge in [0.2, 0.25) is 0 Å². The summed E-state index contributed by atoms with van der Waals surface area (Å²) in [5.74, 6) is 0.699. The second-order valence-electron chi connectivity index (χ2n) is 4.63. The van der Waals surface area contributed by atoms with E-state index in [9.17, 15) is 0 Å². The maximum atomic E-state index is 5.99. The lowest BCUT2D eigenvalue weighted by molar-refractivity contribution is 0.803. The Bertz CT molecular complexity index is 891. The molecule has 0 bridgehead atoms. The number of benzene rings is 2. The zero-order chi connectivity index (χ0) is 14.2. The zero-order valence-electron chi connectivity index (χ0n) is 10.9. The minimum absolute atomic E-state index is 0.660. The highest BCUT2D eigenvalue weighted by atomic mass is 35.5. The fourth-order valence-corrected chi connectivity index (χ4v) is 2.38. The van der Waals surface area contributed by atoms with Gasteiger partial charge in [0.15, 0.2) is 5.82 Å². The summed E-state index contributed by atoms with van der Waals surface area (Å²) in [6.07, 6.45) is 1.82. The van der Waals surface area contributed by atoms with E-state index in [2.05, 4.69) is 20.3 Å². The lowest BCUT2D eigenvalue weighted by Crippen LogP contribution is -1.93. The molecule has 0 aliphatic rings. The molecule has 0 aliphatic heterocycles. The van der Waals surface area contributed by atoms with Crippen LogP contribution in [0, 0.1) is 0 Å². The van der Waals surface area contributed by atoms with Crippen LogP contribution in [0.5, 0.6) is 0 Å². The molecule has 102 valence electrons. The van der Waals surface area contributed by atoms with Crippen LogP contribution in [0.15, 0.2) is 54.7 Å². The molecule has 0 saturated heterocycles. The number of hydrogen-bond donors (Lipinski definition) is 1. The molecule has 0 unspecified atom stereocenters. The first-order chi connectivity index (χ1) is 10.3. The van der Waals surface area contributed by atoms with E-state index in [0.717, 1.165) is 16.7 Å². The molecule has 0 saturated carbocycles. The average molecular weight is 296 g/mol. The van der Waals surface area contributed by atoms with Gasteiger partial charge in [0.25, 0.3) is 0 Å². The Labute approximate surface area is 125 Å². The molecule has 4 rings (SSSR count). The quantitative estimate of drug-likeness (QED) is 0.616. The number of aromatic amines is 1. The molecule has 2 heterocycles. The third-order valence-electron chi connectivity index (χ3n) is 3.20. The van der Waals surface area contributed by atoms with E-state index in [1.165, 1.54) is 0 Å². The standard InChI is InChI=1S/C15H10ClN5/c16-10-4-3-5-11(8-10)21-9-14(19-20-21)15-17-12-6-1-2-7-13(12)18-15/h1-9H,(H,17,18). The molecule has 6 heteroatoms. The van der Waals surface area contributed by atoms with Crippen LogP contribution in [-0.2, 0) is 0 Å². The predicted octanol–water partition coefficient (Wildman–Crippen LogP) is 3.46. The van der Waals surface area contributed by atoms with Crippen molar-refractivity contribution in [2.75, 3.05) is 0 Å². The number of nitrogens with zero attached hydrogens (tertiary/aromatic N) is 4. The number of imidazole rings is 1. The van der Waals surface area contributed by atoms with Crippen LogP contribution in [0.1, 0.15) is 0 Å². The van der Waals surface area contributed by atoms with Crippen LogP contribution < -0.4 is 0 Å². The van der Waals surface area contributed by atoms with Crippen molar-refractivity contribution in [1.29, 1.82) is 0 Å². The topological polar surface area (TPSA) is 59.4 Å². The molecule has 5 nitrogen and oxygen atoms in total. The van der Waals surface area contributed by atoms with E-state index < -0.39 is 0 Å². The summed E-state index contributed by atoms with van der Waals surface area (Å²) in [6.45, 7) is 0. The van der Waals surface area contributed by atoms with Gasteiger partial charge >= 0.3 is 0 Å². The third-order valence-corrected chi connectivity index (χ3v) is 3.43. The Morgan fingerprint density at radius 3 is 2.81 bits per heavy atom. The third kappa shape index (κ3) is 2.17. The fraction of sp³-hybridized carbons (Fsp3) is 0. The summed E-state index contributed by atoms with van der Waals surface area (Å²) in [5, 5.41) is 8.95. The first-order valence-electron chi connectivity index (χ1n) is 6.43. The monoisotopic (exact) mass is 295 g/mol. The number of nitrogens with one attached hydrogen (secondary N) is 1. The van der Waals surface area contributed by atoms with Crippen molar-refractivity contribution in [3.63, 3.8) is 0 Å². The van der Waals surface area contributed by atoms with Gasteiger partial charge in [-0.3, -0.25) is 0 Å². The largest absolute Gasteiger partial charge is 0.337 e. The van der Waals surface area contributed by atoms with Crippen molar-refractivity contribution >= 4 is 22.6 Å². The molecule has 0 radical (unpaired) electrons. The van der Waals surface area contributed by atoms with Gasteiger partial charge in [-0.2, -0.15) is 0 Å². The number of fused-ring (bicyclic) bond motifs is 1. The van der Waals surface area contributed by atoms with Gasteiger partial charge in [-0.05, 0) is 30.3 Å². The number of hydrogen-bond acceptors (Lipinski definition) is 3. The second kappa shape index (κ2) is 4.71. The van der Waals surface area contributed by atoms with Crippen molar-refractivity contribution in [3.8, 4) is 17.2 Å². The molecule has 21 heavy (non-hydrogen) atoms. The summed E-state index contributed by atoms with van der Waals surface area (Å²) < 4.78 is 1.68. The highest BCUT2D eigenvalue weighted by molar-refractivity contribution is 6.30.